The number of nitrogens with zero attached hydrogens (tertiary/aromatic N) is 1. The lowest BCUT2D eigenvalue weighted by Gasteiger charge is -2.05. The first kappa shape index (κ1) is 14.6. The Morgan fingerprint density at radius 3 is 2.57 bits per heavy atom. The van der Waals surface area contributed by atoms with Crippen LogP contribution in [0.2, 0.25) is 0 Å². The Morgan fingerprint density at radius 1 is 1.19 bits per heavy atom. The van der Waals surface area contributed by atoms with Gasteiger partial charge >= 0.3 is 5.97 Å². The second-order valence-electron chi connectivity index (χ2n) is 4.41. The summed E-state index contributed by atoms with van der Waals surface area (Å²) in [4.78, 5) is 26.5. The van der Waals surface area contributed by atoms with E-state index in [9.17, 15) is 14.0 Å². The lowest BCUT2D eigenvalue weighted by atomic mass is 10.1. The molecule has 108 valence electrons. The van der Waals surface area contributed by atoms with Crippen LogP contribution >= 0.6 is 0 Å². The molecule has 2 rings (SSSR count). The summed E-state index contributed by atoms with van der Waals surface area (Å²) in [5, 5.41) is 11.4. The highest BCUT2D eigenvalue weighted by Gasteiger charge is 2.07. The molecule has 1 aromatic carbocycles. The molecule has 0 aliphatic carbocycles. The van der Waals surface area contributed by atoms with Crippen molar-refractivity contribution in [1.29, 1.82) is 0 Å². The minimum atomic E-state index is -1.08. The van der Waals surface area contributed by atoms with Gasteiger partial charge in [0.15, 0.2) is 0 Å². The van der Waals surface area contributed by atoms with Crippen molar-refractivity contribution in [1.82, 2.24) is 4.98 Å². The minimum Gasteiger partial charge on any atom is -0.478 e. The molecule has 1 amide bonds. The van der Waals surface area contributed by atoms with Crippen molar-refractivity contribution in [3.05, 3.63) is 59.5 Å². The van der Waals surface area contributed by atoms with Gasteiger partial charge in [0.2, 0.25) is 5.91 Å². The van der Waals surface area contributed by atoms with Crippen molar-refractivity contribution >= 4 is 17.7 Å². The molecule has 1 aromatic heterocycles. The zero-order valence-electron chi connectivity index (χ0n) is 11.0. The van der Waals surface area contributed by atoms with Crippen molar-refractivity contribution in [3.63, 3.8) is 0 Å². The summed E-state index contributed by atoms with van der Waals surface area (Å²) in [5.74, 6) is -1.49. The molecule has 0 radical (unpaired) electrons. The molecule has 0 fully saturated rings. The second kappa shape index (κ2) is 6.60. The number of benzene rings is 1. The van der Waals surface area contributed by atoms with Crippen molar-refractivity contribution in [2.75, 3.05) is 5.32 Å². The molecule has 6 heteroatoms. The fourth-order valence-electron chi connectivity index (χ4n) is 1.75. The molecular formula is C15H13FN2O3. The number of anilines is 1. The molecule has 0 unspecified atom stereocenters. The summed E-state index contributed by atoms with van der Waals surface area (Å²) in [6.07, 6.45) is 1.98. The largest absolute Gasteiger partial charge is 0.478 e. The number of amides is 1. The average Bonchev–Trinajstić information content (AvgIpc) is 2.47. The molecule has 2 aromatic rings. The maximum atomic E-state index is 12.7. The van der Waals surface area contributed by atoms with Crippen LogP contribution < -0.4 is 5.32 Å². The second-order valence-corrected chi connectivity index (χ2v) is 4.41. The van der Waals surface area contributed by atoms with E-state index in [1.807, 2.05) is 0 Å². The van der Waals surface area contributed by atoms with Crippen LogP contribution in [0.4, 0.5) is 10.2 Å². The maximum Gasteiger partial charge on any atom is 0.335 e. The number of hydrogen-bond acceptors (Lipinski definition) is 3. The monoisotopic (exact) mass is 288 g/mol. The van der Waals surface area contributed by atoms with Gasteiger partial charge in [0, 0.05) is 12.6 Å². The topological polar surface area (TPSA) is 79.3 Å². The van der Waals surface area contributed by atoms with E-state index >= 15 is 0 Å². The zero-order valence-corrected chi connectivity index (χ0v) is 11.0. The van der Waals surface area contributed by atoms with Crippen LogP contribution in [-0.2, 0) is 11.2 Å². The van der Waals surface area contributed by atoms with Gasteiger partial charge in [-0.25, -0.2) is 14.2 Å². The average molecular weight is 288 g/mol. The summed E-state index contributed by atoms with van der Waals surface area (Å²) in [5.41, 5.74) is 0.901. The Bertz CT molecular complexity index is 656. The molecule has 21 heavy (non-hydrogen) atoms. The van der Waals surface area contributed by atoms with E-state index in [-0.39, 0.29) is 29.5 Å². The quantitative estimate of drug-likeness (QED) is 0.886. The number of aryl methyl sites for hydroxylation is 1. The van der Waals surface area contributed by atoms with E-state index in [1.54, 1.807) is 12.1 Å². The fraction of sp³-hybridized carbons (Fsp3) is 0.133. The Labute approximate surface area is 120 Å². The number of aromatic nitrogens is 1. The maximum absolute atomic E-state index is 12.7. The van der Waals surface area contributed by atoms with E-state index in [0.717, 1.165) is 5.56 Å². The Hall–Kier alpha value is -2.76. The van der Waals surface area contributed by atoms with Gasteiger partial charge in [-0.1, -0.05) is 12.1 Å². The van der Waals surface area contributed by atoms with Crippen LogP contribution in [0, 0.1) is 5.82 Å². The van der Waals surface area contributed by atoms with Crippen LogP contribution in [0.25, 0.3) is 0 Å². The lowest BCUT2D eigenvalue weighted by molar-refractivity contribution is -0.116. The normalized spacial score (nSPS) is 10.1. The number of carboxylic acids is 1. The van der Waals surface area contributed by atoms with E-state index in [2.05, 4.69) is 10.3 Å². The fourth-order valence-corrected chi connectivity index (χ4v) is 1.75. The first-order chi connectivity index (χ1) is 10.0. The highest BCUT2D eigenvalue weighted by atomic mass is 19.1. The molecule has 0 saturated heterocycles. The van der Waals surface area contributed by atoms with Crippen LogP contribution in [0.15, 0.2) is 42.6 Å². The molecule has 0 bridgehead atoms. The number of rotatable bonds is 5. The molecule has 0 atom stereocenters. The molecule has 0 saturated carbocycles. The number of nitrogens with one attached hydrogen (secondary N) is 1. The smallest absolute Gasteiger partial charge is 0.335 e. The molecule has 0 aliphatic rings. The third kappa shape index (κ3) is 4.38. The molecule has 1 heterocycles. The molecule has 0 spiro atoms. The van der Waals surface area contributed by atoms with Gasteiger partial charge in [0.1, 0.15) is 11.6 Å². The van der Waals surface area contributed by atoms with Crippen LogP contribution in [0.5, 0.6) is 0 Å². The van der Waals surface area contributed by atoms with E-state index in [1.165, 1.54) is 30.5 Å². The summed E-state index contributed by atoms with van der Waals surface area (Å²) in [7, 11) is 0. The third-order valence-corrected chi connectivity index (χ3v) is 2.83. The summed E-state index contributed by atoms with van der Waals surface area (Å²) >= 11 is 0. The minimum absolute atomic E-state index is 0.0545. The predicted molar refractivity (Wildman–Crippen MR) is 74.5 cm³/mol. The van der Waals surface area contributed by atoms with Gasteiger partial charge in [0.25, 0.3) is 0 Å². The zero-order chi connectivity index (χ0) is 15.2. The van der Waals surface area contributed by atoms with Crippen molar-refractivity contribution < 1.29 is 19.1 Å². The van der Waals surface area contributed by atoms with Crippen LogP contribution in [0.3, 0.4) is 0 Å². The molecule has 5 nitrogen and oxygen atoms in total. The predicted octanol–water partition coefficient (Wildman–Crippen LogP) is 2.49. The molecule has 0 aliphatic heterocycles. The number of carbonyl (C=O) groups is 2. The van der Waals surface area contributed by atoms with Gasteiger partial charge in [-0.15, -0.1) is 0 Å². The number of halogens is 1. The van der Waals surface area contributed by atoms with Crippen LogP contribution in [-0.4, -0.2) is 22.0 Å². The summed E-state index contributed by atoms with van der Waals surface area (Å²) < 4.78 is 12.7. The number of carbonyl (C=O) groups excluding carboxylic acids is 1. The van der Waals surface area contributed by atoms with Crippen molar-refractivity contribution in [3.8, 4) is 0 Å². The van der Waals surface area contributed by atoms with E-state index in [4.69, 9.17) is 5.11 Å². The Kier molecular flexibility index (Phi) is 4.61. The first-order valence-electron chi connectivity index (χ1n) is 6.28. The van der Waals surface area contributed by atoms with E-state index < -0.39 is 5.97 Å². The summed E-state index contributed by atoms with van der Waals surface area (Å²) in [6.45, 7) is 0. The van der Waals surface area contributed by atoms with Crippen molar-refractivity contribution in [2.45, 2.75) is 12.8 Å². The van der Waals surface area contributed by atoms with Gasteiger partial charge in [-0.05, 0) is 36.2 Å². The standard InChI is InChI=1S/C15H13FN2O3/c16-12-4-1-10(2-5-12)3-6-14(19)18-13-9-11(15(20)21)7-8-17-13/h1-2,4-5,7-9H,3,6H2,(H,20,21)(H,17,18,19). The van der Waals surface area contributed by atoms with Crippen molar-refractivity contribution in [2.24, 2.45) is 0 Å². The summed E-state index contributed by atoms with van der Waals surface area (Å²) in [6, 6.07) is 8.54. The third-order valence-electron chi connectivity index (χ3n) is 2.83. The van der Waals surface area contributed by atoms with Gasteiger partial charge in [0.05, 0.1) is 5.56 Å². The number of pyridine rings is 1. The molecular weight excluding hydrogens is 275 g/mol. The highest BCUT2D eigenvalue weighted by Crippen LogP contribution is 2.09. The lowest BCUT2D eigenvalue weighted by Crippen LogP contribution is -2.14. The van der Waals surface area contributed by atoms with E-state index in [0.29, 0.717) is 6.42 Å². The highest BCUT2D eigenvalue weighted by molar-refractivity contribution is 5.92. The SMILES string of the molecule is O=C(CCc1ccc(F)cc1)Nc1cc(C(=O)O)ccn1. The first-order valence-corrected chi connectivity index (χ1v) is 6.28. The van der Waals surface area contributed by atoms with Gasteiger partial charge in [-0.2, -0.15) is 0 Å². The van der Waals surface area contributed by atoms with Gasteiger partial charge < -0.3 is 10.4 Å². The molecule has 2 N–H and O–H groups in total. The van der Waals surface area contributed by atoms with Crippen LogP contribution in [0.1, 0.15) is 22.3 Å². The Morgan fingerprint density at radius 2 is 1.90 bits per heavy atom. The van der Waals surface area contributed by atoms with Gasteiger partial charge in [-0.3, -0.25) is 4.79 Å². The Balaban J connectivity index is 1.91. The number of hydrogen-bond donors (Lipinski definition) is 2. The number of carboxylic acid groups (broad SMARTS) is 1. The number of aromatic carboxylic acids is 1.